The highest BCUT2D eigenvalue weighted by Crippen LogP contribution is 2.04. The standard InChI is InChI=1S/C10H12N2O2/c11-10(14)5-8-1-3-9(4-2-8)6-12-7-13/h1-4,7H,5-6H2,(H2,11,14)(H,12,13). The molecule has 0 heterocycles. The summed E-state index contributed by atoms with van der Waals surface area (Å²) in [4.78, 5) is 20.6. The molecular weight excluding hydrogens is 180 g/mol. The van der Waals surface area contributed by atoms with E-state index in [0.717, 1.165) is 11.1 Å². The molecule has 0 aliphatic carbocycles. The number of benzene rings is 1. The van der Waals surface area contributed by atoms with E-state index in [1.165, 1.54) is 0 Å². The molecule has 14 heavy (non-hydrogen) atoms. The summed E-state index contributed by atoms with van der Waals surface area (Å²) in [5.74, 6) is -0.344. The van der Waals surface area contributed by atoms with Gasteiger partial charge in [-0.3, -0.25) is 9.59 Å². The predicted octanol–water partition coefficient (Wildman–Crippen LogP) is -0.0396. The first kappa shape index (κ1) is 10.2. The van der Waals surface area contributed by atoms with E-state index in [-0.39, 0.29) is 12.3 Å². The quantitative estimate of drug-likeness (QED) is 0.642. The molecule has 0 radical (unpaired) electrons. The zero-order valence-electron chi connectivity index (χ0n) is 7.69. The van der Waals surface area contributed by atoms with Crippen molar-refractivity contribution in [1.29, 1.82) is 0 Å². The summed E-state index contributed by atoms with van der Waals surface area (Å²) in [6.45, 7) is 0.500. The van der Waals surface area contributed by atoms with E-state index >= 15 is 0 Å². The third kappa shape index (κ3) is 3.26. The molecule has 0 aromatic heterocycles. The Morgan fingerprint density at radius 3 is 2.36 bits per heavy atom. The van der Waals surface area contributed by atoms with Gasteiger partial charge in [0.1, 0.15) is 0 Å². The topological polar surface area (TPSA) is 72.2 Å². The van der Waals surface area contributed by atoms with Crippen molar-refractivity contribution in [2.24, 2.45) is 5.73 Å². The van der Waals surface area contributed by atoms with Gasteiger partial charge >= 0.3 is 0 Å². The molecule has 0 spiro atoms. The van der Waals surface area contributed by atoms with Crippen LogP contribution in [0.15, 0.2) is 24.3 Å². The van der Waals surface area contributed by atoms with Crippen molar-refractivity contribution in [3.8, 4) is 0 Å². The van der Waals surface area contributed by atoms with Gasteiger partial charge in [-0.25, -0.2) is 0 Å². The number of rotatable bonds is 5. The van der Waals surface area contributed by atoms with Crippen molar-refractivity contribution in [3.63, 3.8) is 0 Å². The second-order valence-corrected chi connectivity index (χ2v) is 2.96. The molecule has 4 nitrogen and oxygen atoms in total. The monoisotopic (exact) mass is 192 g/mol. The number of hydrogen-bond donors (Lipinski definition) is 2. The molecule has 0 fully saturated rings. The lowest BCUT2D eigenvalue weighted by Gasteiger charge is -2.01. The number of carbonyl (C=O) groups is 2. The third-order valence-electron chi connectivity index (χ3n) is 1.79. The molecule has 1 rings (SSSR count). The van der Waals surface area contributed by atoms with Gasteiger partial charge in [-0.2, -0.15) is 0 Å². The lowest BCUT2D eigenvalue weighted by atomic mass is 10.1. The number of nitrogens with two attached hydrogens (primary N) is 1. The highest BCUT2D eigenvalue weighted by atomic mass is 16.1. The van der Waals surface area contributed by atoms with Crippen LogP contribution in [0.1, 0.15) is 11.1 Å². The maximum Gasteiger partial charge on any atom is 0.221 e. The fourth-order valence-electron chi connectivity index (χ4n) is 1.14. The first-order valence-electron chi connectivity index (χ1n) is 4.25. The number of hydrogen-bond acceptors (Lipinski definition) is 2. The molecule has 0 bridgehead atoms. The maximum atomic E-state index is 10.6. The lowest BCUT2D eigenvalue weighted by Crippen LogP contribution is -2.14. The number of primary amides is 1. The van der Waals surface area contributed by atoms with Gasteiger partial charge in [0.25, 0.3) is 0 Å². The Labute approximate surface area is 82.1 Å². The van der Waals surface area contributed by atoms with Crippen LogP contribution in [0, 0.1) is 0 Å². The first-order chi connectivity index (χ1) is 6.72. The van der Waals surface area contributed by atoms with Crippen LogP contribution in [0.3, 0.4) is 0 Å². The average molecular weight is 192 g/mol. The number of amides is 2. The minimum absolute atomic E-state index is 0.251. The van der Waals surface area contributed by atoms with Crippen molar-refractivity contribution >= 4 is 12.3 Å². The molecule has 1 aromatic carbocycles. The van der Waals surface area contributed by atoms with E-state index in [2.05, 4.69) is 5.32 Å². The van der Waals surface area contributed by atoms with Crippen LogP contribution in [0.2, 0.25) is 0 Å². The summed E-state index contributed by atoms with van der Waals surface area (Å²) < 4.78 is 0. The normalized spacial score (nSPS) is 9.43. The van der Waals surface area contributed by atoms with Gasteiger partial charge in [0, 0.05) is 6.54 Å². The maximum absolute atomic E-state index is 10.6. The Bertz CT molecular complexity index is 319. The Hall–Kier alpha value is -1.84. The second-order valence-electron chi connectivity index (χ2n) is 2.96. The highest BCUT2D eigenvalue weighted by molar-refractivity contribution is 5.76. The van der Waals surface area contributed by atoms with Crippen LogP contribution in [0.5, 0.6) is 0 Å². The van der Waals surface area contributed by atoms with Crippen LogP contribution < -0.4 is 11.1 Å². The van der Waals surface area contributed by atoms with Gasteiger partial charge in [-0.05, 0) is 11.1 Å². The van der Waals surface area contributed by atoms with Gasteiger partial charge in [0.05, 0.1) is 6.42 Å². The van der Waals surface area contributed by atoms with Crippen LogP contribution in [-0.2, 0) is 22.6 Å². The SMILES string of the molecule is NC(=O)Cc1ccc(CNC=O)cc1. The van der Waals surface area contributed by atoms with E-state index in [1.54, 1.807) is 0 Å². The molecular formula is C10H12N2O2. The first-order valence-corrected chi connectivity index (χ1v) is 4.25. The van der Waals surface area contributed by atoms with E-state index in [0.29, 0.717) is 13.0 Å². The molecule has 1 aromatic rings. The van der Waals surface area contributed by atoms with E-state index in [1.807, 2.05) is 24.3 Å². The van der Waals surface area contributed by atoms with Crippen molar-refractivity contribution < 1.29 is 9.59 Å². The molecule has 0 saturated heterocycles. The number of carbonyl (C=O) groups excluding carboxylic acids is 2. The molecule has 0 aliphatic rings. The van der Waals surface area contributed by atoms with Gasteiger partial charge in [-0.15, -0.1) is 0 Å². The van der Waals surface area contributed by atoms with Crippen LogP contribution in [0.25, 0.3) is 0 Å². The lowest BCUT2D eigenvalue weighted by molar-refractivity contribution is -0.117. The number of nitrogens with one attached hydrogen (secondary N) is 1. The molecule has 74 valence electrons. The minimum atomic E-state index is -0.344. The summed E-state index contributed by atoms with van der Waals surface area (Å²) in [5, 5.41) is 2.55. The van der Waals surface area contributed by atoms with E-state index in [4.69, 9.17) is 5.73 Å². The fourth-order valence-corrected chi connectivity index (χ4v) is 1.14. The molecule has 0 atom stereocenters. The van der Waals surface area contributed by atoms with Gasteiger partial charge in [0.2, 0.25) is 12.3 Å². The largest absolute Gasteiger partial charge is 0.369 e. The Morgan fingerprint density at radius 1 is 1.29 bits per heavy atom. The Kier molecular flexibility index (Phi) is 3.67. The van der Waals surface area contributed by atoms with Crippen LogP contribution in [-0.4, -0.2) is 12.3 Å². The summed E-state index contributed by atoms with van der Waals surface area (Å²) in [6.07, 6.45) is 0.901. The Morgan fingerprint density at radius 2 is 1.86 bits per heavy atom. The van der Waals surface area contributed by atoms with Crippen molar-refractivity contribution in [2.45, 2.75) is 13.0 Å². The summed E-state index contributed by atoms with van der Waals surface area (Å²) >= 11 is 0. The van der Waals surface area contributed by atoms with Crippen LogP contribution in [0.4, 0.5) is 0 Å². The molecule has 0 saturated carbocycles. The van der Waals surface area contributed by atoms with Crippen molar-refractivity contribution in [2.75, 3.05) is 0 Å². The zero-order chi connectivity index (χ0) is 10.4. The van der Waals surface area contributed by atoms with E-state index in [9.17, 15) is 9.59 Å². The fraction of sp³-hybridized carbons (Fsp3) is 0.200. The van der Waals surface area contributed by atoms with Crippen molar-refractivity contribution in [3.05, 3.63) is 35.4 Å². The van der Waals surface area contributed by atoms with Gasteiger partial charge in [-0.1, -0.05) is 24.3 Å². The molecule has 0 unspecified atom stereocenters. The smallest absolute Gasteiger partial charge is 0.221 e. The van der Waals surface area contributed by atoms with Crippen LogP contribution >= 0.6 is 0 Å². The average Bonchev–Trinajstić information content (AvgIpc) is 2.16. The predicted molar refractivity (Wildman–Crippen MR) is 52.2 cm³/mol. The van der Waals surface area contributed by atoms with Crippen molar-refractivity contribution in [1.82, 2.24) is 5.32 Å². The molecule has 2 amide bonds. The molecule has 4 heteroatoms. The summed E-state index contributed by atoms with van der Waals surface area (Å²) in [6, 6.07) is 7.36. The summed E-state index contributed by atoms with van der Waals surface area (Å²) in [5.41, 5.74) is 6.92. The zero-order valence-corrected chi connectivity index (χ0v) is 7.69. The van der Waals surface area contributed by atoms with Gasteiger partial charge < -0.3 is 11.1 Å². The highest BCUT2D eigenvalue weighted by Gasteiger charge is 1.97. The third-order valence-corrected chi connectivity index (χ3v) is 1.79. The molecule has 0 aliphatic heterocycles. The van der Waals surface area contributed by atoms with E-state index < -0.39 is 0 Å². The molecule has 3 N–H and O–H groups in total. The minimum Gasteiger partial charge on any atom is -0.369 e. The van der Waals surface area contributed by atoms with Gasteiger partial charge in [0.15, 0.2) is 0 Å². The second kappa shape index (κ2) is 5.01. The Balaban J connectivity index is 2.58. The summed E-state index contributed by atoms with van der Waals surface area (Å²) in [7, 11) is 0.